The third kappa shape index (κ3) is 4.99. The van der Waals surface area contributed by atoms with Crippen LogP contribution in [0.1, 0.15) is 25.2 Å². The first kappa shape index (κ1) is 23.9. The third-order valence-electron chi connectivity index (χ3n) is 4.96. The zero-order valence-electron chi connectivity index (χ0n) is 19.5. The van der Waals surface area contributed by atoms with Gasteiger partial charge in [0, 0.05) is 11.4 Å². The lowest BCUT2D eigenvalue weighted by Gasteiger charge is -2.24. The largest absolute Gasteiger partial charge is 0.492 e. The first-order valence-corrected chi connectivity index (χ1v) is 13.1. The summed E-state index contributed by atoms with van der Waals surface area (Å²) in [6.07, 6.45) is 6.72. The van der Waals surface area contributed by atoms with Crippen LogP contribution in [-0.4, -0.2) is 79.3 Å². The molecule has 11 heteroatoms. The molecule has 0 radical (unpaired) electrons. The van der Waals surface area contributed by atoms with Crippen molar-refractivity contribution in [3.05, 3.63) is 23.5 Å². The monoisotopic (exact) mass is 462 g/mol. The summed E-state index contributed by atoms with van der Waals surface area (Å²) in [6.45, 7) is 5.91. The second-order valence-corrected chi connectivity index (χ2v) is 13.5. The fourth-order valence-corrected chi connectivity index (χ4v) is 3.65. The minimum absolute atomic E-state index is 0.0267. The van der Waals surface area contributed by atoms with Gasteiger partial charge in [0.05, 0.1) is 19.1 Å². The Morgan fingerprint density at radius 2 is 1.91 bits per heavy atom. The van der Waals surface area contributed by atoms with Gasteiger partial charge in [-0.2, -0.15) is 10.1 Å². The molecular formula is C21H30N6O4S. The van der Waals surface area contributed by atoms with Crippen LogP contribution in [0.3, 0.4) is 0 Å². The molecule has 10 nitrogen and oxygen atoms in total. The Bertz CT molecular complexity index is 1140. The molecule has 0 atom stereocenters. The van der Waals surface area contributed by atoms with Crippen LogP contribution in [0.4, 0.5) is 0 Å². The van der Waals surface area contributed by atoms with E-state index in [0.29, 0.717) is 23.3 Å². The summed E-state index contributed by atoms with van der Waals surface area (Å²) in [5, 5.41) is 24.0. The SMILES string of the molecule is COC(=O)C(C)(C)c1nnc(-c2nn(COCCS(C)(C)C)c3nc(C)ccc23)nc1O. The zero-order valence-corrected chi connectivity index (χ0v) is 20.4. The van der Waals surface area contributed by atoms with Crippen LogP contribution < -0.4 is 0 Å². The summed E-state index contributed by atoms with van der Waals surface area (Å²) in [5.74, 6) is 0.155. The van der Waals surface area contributed by atoms with Gasteiger partial charge >= 0.3 is 5.97 Å². The number of aromatic hydroxyl groups is 1. The lowest BCUT2D eigenvalue weighted by molar-refractivity contribution is -0.146. The van der Waals surface area contributed by atoms with Gasteiger partial charge in [-0.05, 0) is 51.7 Å². The van der Waals surface area contributed by atoms with Crippen molar-refractivity contribution >= 4 is 27.0 Å². The highest BCUT2D eigenvalue weighted by molar-refractivity contribution is 8.32. The Labute approximate surface area is 188 Å². The van der Waals surface area contributed by atoms with Crippen molar-refractivity contribution in [1.29, 1.82) is 0 Å². The maximum Gasteiger partial charge on any atom is 0.317 e. The Morgan fingerprint density at radius 1 is 1.19 bits per heavy atom. The number of ether oxygens (including phenoxy) is 2. The molecule has 32 heavy (non-hydrogen) atoms. The molecule has 3 aromatic rings. The van der Waals surface area contributed by atoms with Crippen molar-refractivity contribution in [2.24, 2.45) is 0 Å². The summed E-state index contributed by atoms with van der Waals surface area (Å²) < 4.78 is 12.3. The molecule has 3 heterocycles. The highest BCUT2D eigenvalue weighted by atomic mass is 32.3. The topological polar surface area (TPSA) is 125 Å². The second kappa shape index (κ2) is 8.99. The van der Waals surface area contributed by atoms with Crippen LogP contribution in [0.25, 0.3) is 22.6 Å². The number of hydrogen-bond acceptors (Lipinski definition) is 9. The van der Waals surface area contributed by atoms with E-state index in [4.69, 9.17) is 9.47 Å². The first-order chi connectivity index (χ1) is 14.9. The van der Waals surface area contributed by atoms with Gasteiger partial charge in [-0.1, -0.05) is 0 Å². The molecule has 1 N–H and O–H groups in total. The number of nitrogens with zero attached hydrogens (tertiary/aromatic N) is 6. The van der Waals surface area contributed by atoms with Gasteiger partial charge < -0.3 is 14.6 Å². The van der Waals surface area contributed by atoms with Crippen LogP contribution in [0.5, 0.6) is 5.88 Å². The molecule has 0 unspecified atom stereocenters. The van der Waals surface area contributed by atoms with Crippen molar-refractivity contribution in [3.8, 4) is 17.4 Å². The number of esters is 1. The van der Waals surface area contributed by atoms with Crippen LogP contribution in [0.15, 0.2) is 12.1 Å². The van der Waals surface area contributed by atoms with Crippen molar-refractivity contribution in [1.82, 2.24) is 29.9 Å². The van der Waals surface area contributed by atoms with Gasteiger partial charge in [0.25, 0.3) is 0 Å². The van der Waals surface area contributed by atoms with Crippen molar-refractivity contribution in [2.75, 3.05) is 38.2 Å². The molecule has 0 aliphatic rings. The quantitative estimate of drug-likeness (QED) is 0.397. The number of carbonyl (C=O) groups is 1. The van der Waals surface area contributed by atoms with Crippen LogP contribution in [0, 0.1) is 6.92 Å². The minimum atomic E-state index is -1.21. The average molecular weight is 463 g/mol. The Balaban J connectivity index is 1.97. The van der Waals surface area contributed by atoms with Crippen molar-refractivity contribution in [2.45, 2.75) is 32.9 Å². The van der Waals surface area contributed by atoms with E-state index < -0.39 is 27.3 Å². The summed E-state index contributed by atoms with van der Waals surface area (Å²) >= 11 is 0. The Morgan fingerprint density at radius 3 is 2.53 bits per heavy atom. The second-order valence-electron chi connectivity index (χ2n) is 8.93. The molecule has 0 saturated carbocycles. The van der Waals surface area contributed by atoms with Crippen molar-refractivity contribution in [3.63, 3.8) is 0 Å². The molecule has 3 aromatic heterocycles. The normalized spacial score (nSPS) is 12.8. The molecule has 0 aliphatic carbocycles. The number of hydrogen-bond donors (Lipinski definition) is 1. The van der Waals surface area contributed by atoms with E-state index in [1.165, 1.54) is 7.11 Å². The minimum Gasteiger partial charge on any atom is -0.492 e. The lowest BCUT2D eigenvalue weighted by atomic mass is 9.89. The number of aromatic nitrogens is 6. The predicted octanol–water partition coefficient (Wildman–Crippen LogP) is 2.42. The number of aryl methyl sites for hydroxylation is 1. The zero-order chi connectivity index (χ0) is 23.7. The van der Waals surface area contributed by atoms with E-state index in [0.717, 1.165) is 11.4 Å². The van der Waals surface area contributed by atoms with Gasteiger partial charge in [-0.3, -0.25) is 4.79 Å². The fraction of sp³-hybridized carbons (Fsp3) is 0.524. The molecule has 0 bridgehead atoms. The molecule has 0 aliphatic heterocycles. The van der Waals surface area contributed by atoms with E-state index in [-0.39, 0.29) is 18.2 Å². The Hall–Kier alpha value is -2.79. The van der Waals surface area contributed by atoms with E-state index in [9.17, 15) is 9.90 Å². The summed E-state index contributed by atoms with van der Waals surface area (Å²) in [4.78, 5) is 20.8. The van der Waals surface area contributed by atoms with Gasteiger partial charge in [0.15, 0.2) is 5.65 Å². The van der Waals surface area contributed by atoms with E-state index >= 15 is 0 Å². The van der Waals surface area contributed by atoms with Crippen LogP contribution in [0.2, 0.25) is 0 Å². The highest BCUT2D eigenvalue weighted by Gasteiger charge is 2.37. The molecule has 0 saturated heterocycles. The molecular weight excluding hydrogens is 432 g/mol. The van der Waals surface area contributed by atoms with Crippen LogP contribution in [-0.2, 0) is 26.4 Å². The number of pyridine rings is 1. The van der Waals surface area contributed by atoms with E-state index in [1.807, 2.05) is 19.1 Å². The molecule has 174 valence electrons. The van der Waals surface area contributed by atoms with Gasteiger partial charge in [0.1, 0.15) is 23.5 Å². The van der Waals surface area contributed by atoms with Crippen LogP contribution >= 0.6 is 10.0 Å². The predicted molar refractivity (Wildman–Crippen MR) is 124 cm³/mol. The summed E-state index contributed by atoms with van der Waals surface area (Å²) in [5.41, 5.74) is 0.702. The van der Waals surface area contributed by atoms with Gasteiger partial charge in [-0.15, -0.1) is 10.2 Å². The van der Waals surface area contributed by atoms with Crippen molar-refractivity contribution < 1.29 is 19.4 Å². The van der Waals surface area contributed by atoms with E-state index in [2.05, 4.69) is 44.0 Å². The first-order valence-electron chi connectivity index (χ1n) is 10.0. The number of carbonyl (C=O) groups excluding carboxylic acids is 1. The third-order valence-corrected chi connectivity index (χ3v) is 6.35. The molecule has 0 fully saturated rings. The smallest absolute Gasteiger partial charge is 0.317 e. The van der Waals surface area contributed by atoms with Gasteiger partial charge in [-0.25, -0.2) is 19.7 Å². The summed E-state index contributed by atoms with van der Waals surface area (Å²) in [6, 6.07) is 3.74. The molecule has 0 amide bonds. The summed E-state index contributed by atoms with van der Waals surface area (Å²) in [7, 11) is 0.619. The molecule has 0 spiro atoms. The van der Waals surface area contributed by atoms with Gasteiger partial charge in [0.2, 0.25) is 11.7 Å². The maximum atomic E-state index is 12.1. The lowest BCUT2D eigenvalue weighted by Crippen LogP contribution is -2.32. The Kier molecular flexibility index (Phi) is 6.70. The average Bonchev–Trinajstić information content (AvgIpc) is 3.07. The van der Waals surface area contributed by atoms with E-state index in [1.54, 1.807) is 18.5 Å². The number of rotatable bonds is 8. The number of fused-ring (bicyclic) bond motifs is 1. The highest BCUT2D eigenvalue weighted by Crippen LogP contribution is 2.34. The standard InChI is InChI=1S/C21H30N6O4S/c1-13-8-9-14-15(26-27(18(14)22-13)12-31-10-11-32(5,6)7)17-23-19(28)16(24-25-17)21(2,3)20(29)30-4/h8-9H,10-12H2,1-7H3,(H,23,25,28). The number of methoxy groups -OCH3 is 1. The maximum absolute atomic E-state index is 12.1. The molecule has 0 aromatic carbocycles. The fourth-order valence-electron chi connectivity index (χ4n) is 3.04. The molecule has 3 rings (SSSR count).